The van der Waals surface area contributed by atoms with Crippen molar-refractivity contribution in [1.29, 1.82) is 0 Å². The molecule has 0 aliphatic carbocycles. The second-order valence-electron chi connectivity index (χ2n) is 7.96. The van der Waals surface area contributed by atoms with Crippen molar-refractivity contribution < 1.29 is 19.4 Å². The third-order valence-corrected chi connectivity index (χ3v) is 6.65. The number of nitrogens with zero attached hydrogens (tertiary/aromatic N) is 2. The van der Waals surface area contributed by atoms with Crippen molar-refractivity contribution in [2.75, 3.05) is 37.0 Å². The van der Waals surface area contributed by atoms with Crippen molar-refractivity contribution in [2.45, 2.75) is 31.5 Å². The van der Waals surface area contributed by atoms with Crippen molar-refractivity contribution in [3.05, 3.63) is 52.5 Å². The van der Waals surface area contributed by atoms with Crippen LogP contribution >= 0.6 is 15.9 Å². The first-order valence-corrected chi connectivity index (χ1v) is 11.5. The van der Waals surface area contributed by atoms with E-state index in [0.29, 0.717) is 28.1 Å². The number of hydrogen-bond acceptors (Lipinski definition) is 5. The van der Waals surface area contributed by atoms with E-state index in [9.17, 15) is 14.7 Å². The number of ether oxygens (including phenoxy) is 1. The van der Waals surface area contributed by atoms with Crippen LogP contribution in [0.25, 0.3) is 0 Å². The Morgan fingerprint density at radius 1 is 1.34 bits per heavy atom. The number of carbonyl (C=O) groups is 2. The molecule has 3 N–H and O–H groups in total. The summed E-state index contributed by atoms with van der Waals surface area (Å²) in [4.78, 5) is 30.1. The Morgan fingerprint density at radius 2 is 2.16 bits per heavy atom. The number of halogens is 1. The van der Waals surface area contributed by atoms with Gasteiger partial charge in [0.1, 0.15) is 5.75 Å². The lowest BCUT2D eigenvalue weighted by molar-refractivity contribution is -0.140. The van der Waals surface area contributed by atoms with Crippen LogP contribution in [0.1, 0.15) is 25.3 Å². The molecule has 9 heteroatoms. The Labute approximate surface area is 195 Å². The van der Waals surface area contributed by atoms with Crippen LogP contribution in [-0.2, 0) is 10.5 Å². The number of amides is 3. The van der Waals surface area contributed by atoms with Gasteiger partial charge in [-0.15, -0.1) is 0 Å². The van der Waals surface area contributed by atoms with E-state index in [1.807, 2.05) is 0 Å². The number of carbonyl (C=O) groups excluding carboxylic acids is 2. The first-order valence-electron chi connectivity index (χ1n) is 10.7. The van der Waals surface area contributed by atoms with Crippen molar-refractivity contribution in [3.63, 3.8) is 0 Å². The molecule has 32 heavy (non-hydrogen) atoms. The van der Waals surface area contributed by atoms with E-state index in [-0.39, 0.29) is 11.6 Å². The zero-order valence-electron chi connectivity index (χ0n) is 18.1. The fraction of sp³-hybridized carbons (Fsp3) is 0.391. The number of aliphatic hydroxyl groups is 1. The molecule has 2 aliphatic rings. The second-order valence-corrected chi connectivity index (χ2v) is 8.88. The number of hydrogen-bond donors (Lipinski definition) is 3. The number of anilines is 2. The SMILES string of the molecule is CCN1CCC[C@H]1CNC(=O)[C@@]1(O)c2cc(Br)ccc2NC(=O)N1c1cccc(OC)c1. The highest BCUT2D eigenvalue weighted by atomic mass is 79.9. The van der Waals surface area contributed by atoms with E-state index in [2.05, 4.69) is 38.4 Å². The number of methoxy groups -OCH3 is 1. The summed E-state index contributed by atoms with van der Waals surface area (Å²) in [7, 11) is 1.52. The Kier molecular flexibility index (Phi) is 6.41. The lowest BCUT2D eigenvalue weighted by Crippen LogP contribution is -2.63. The lowest BCUT2D eigenvalue weighted by Gasteiger charge is -2.43. The number of fused-ring (bicyclic) bond motifs is 1. The van der Waals surface area contributed by atoms with Gasteiger partial charge in [0.05, 0.1) is 18.5 Å². The highest BCUT2D eigenvalue weighted by Crippen LogP contribution is 2.41. The van der Waals surface area contributed by atoms with Gasteiger partial charge in [-0.25, -0.2) is 4.79 Å². The first kappa shape index (κ1) is 22.6. The van der Waals surface area contributed by atoms with Gasteiger partial charge in [0, 0.05) is 28.7 Å². The molecule has 0 saturated carbocycles. The highest BCUT2D eigenvalue weighted by molar-refractivity contribution is 9.10. The minimum Gasteiger partial charge on any atom is -0.497 e. The van der Waals surface area contributed by atoms with Gasteiger partial charge in [-0.2, -0.15) is 0 Å². The normalized spacial score (nSPS) is 22.9. The minimum absolute atomic E-state index is 0.206. The monoisotopic (exact) mass is 502 g/mol. The van der Waals surface area contributed by atoms with Crippen LogP contribution in [0.2, 0.25) is 0 Å². The average molecular weight is 503 g/mol. The summed E-state index contributed by atoms with van der Waals surface area (Å²) in [6, 6.07) is 11.3. The maximum absolute atomic E-state index is 13.6. The van der Waals surface area contributed by atoms with Gasteiger partial charge in [-0.1, -0.05) is 28.9 Å². The smallest absolute Gasteiger partial charge is 0.329 e. The molecule has 3 amide bonds. The molecule has 2 aromatic rings. The molecule has 0 radical (unpaired) electrons. The number of rotatable bonds is 6. The summed E-state index contributed by atoms with van der Waals surface area (Å²) >= 11 is 3.41. The van der Waals surface area contributed by atoms with E-state index in [1.165, 1.54) is 7.11 Å². The zero-order valence-corrected chi connectivity index (χ0v) is 19.7. The summed E-state index contributed by atoms with van der Waals surface area (Å²) < 4.78 is 5.96. The fourth-order valence-corrected chi connectivity index (χ4v) is 4.87. The van der Waals surface area contributed by atoms with Crippen LogP contribution in [0.4, 0.5) is 16.2 Å². The summed E-state index contributed by atoms with van der Waals surface area (Å²) in [6.07, 6.45) is 2.06. The first-order chi connectivity index (χ1) is 15.4. The zero-order chi connectivity index (χ0) is 22.9. The molecule has 0 bridgehead atoms. The third-order valence-electron chi connectivity index (χ3n) is 6.16. The quantitative estimate of drug-likeness (QED) is 0.563. The summed E-state index contributed by atoms with van der Waals surface area (Å²) in [6.45, 7) is 4.39. The Hall–Kier alpha value is -2.62. The summed E-state index contributed by atoms with van der Waals surface area (Å²) in [5.74, 6) is -0.153. The van der Waals surface area contributed by atoms with Crippen molar-refractivity contribution >= 4 is 39.2 Å². The molecule has 4 rings (SSSR count). The number of urea groups is 1. The van der Waals surface area contributed by atoms with Gasteiger partial charge < -0.3 is 20.5 Å². The topological polar surface area (TPSA) is 94.1 Å². The molecule has 0 aromatic heterocycles. The van der Waals surface area contributed by atoms with Crippen LogP contribution in [-0.4, -0.2) is 54.7 Å². The molecule has 2 aromatic carbocycles. The predicted molar refractivity (Wildman–Crippen MR) is 126 cm³/mol. The molecular formula is C23H27BrN4O4. The molecular weight excluding hydrogens is 476 g/mol. The summed E-state index contributed by atoms with van der Waals surface area (Å²) in [5, 5.41) is 17.6. The van der Waals surface area contributed by atoms with Gasteiger partial charge >= 0.3 is 6.03 Å². The highest BCUT2D eigenvalue weighted by Gasteiger charge is 2.52. The average Bonchev–Trinajstić information content (AvgIpc) is 3.25. The predicted octanol–water partition coefficient (Wildman–Crippen LogP) is 3.26. The van der Waals surface area contributed by atoms with Crippen molar-refractivity contribution in [3.8, 4) is 5.75 Å². The van der Waals surface area contributed by atoms with Crippen LogP contribution < -0.4 is 20.3 Å². The van der Waals surface area contributed by atoms with E-state index in [1.54, 1.807) is 42.5 Å². The second kappa shape index (κ2) is 9.09. The third kappa shape index (κ3) is 3.96. The molecule has 2 atom stereocenters. The number of nitrogens with one attached hydrogen (secondary N) is 2. The minimum atomic E-state index is -2.25. The molecule has 2 heterocycles. The van der Waals surface area contributed by atoms with Crippen LogP contribution in [0.3, 0.4) is 0 Å². The largest absolute Gasteiger partial charge is 0.497 e. The molecule has 0 spiro atoms. The lowest BCUT2D eigenvalue weighted by atomic mass is 9.94. The number of likely N-dealkylation sites (N-methyl/N-ethyl adjacent to an activating group) is 1. The molecule has 8 nitrogen and oxygen atoms in total. The summed E-state index contributed by atoms with van der Waals surface area (Å²) in [5.41, 5.74) is -1.25. The van der Waals surface area contributed by atoms with Gasteiger partial charge in [0.2, 0.25) is 0 Å². The maximum atomic E-state index is 13.6. The fourth-order valence-electron chi connectivity index (χ4n) is 4.51. The van der Waals surface area contributed by atoms with Gasteiger partial charge in [-0.05, 0) is 56.3 Å². The van der Waals surface area contributed by atoms with Gasteiger partial charge in [0.25, 0.3) is 11.6 Å². The molecule has 0 unspecified atom stereocenters. The van der Waals surface area contributed by atoms with Crippen LogP contribution in [0, 0.1) is 0 Å². The van der Waals surface area contributed by atoms with Crippen LogP contribution in [0.5, 0.6) is 5.75 Å². The Morgan fingerprint density at radius 3 is 2.91 bits per heavy atom. The molecule has 1 saturated heterocycles. The molecule has 170 valence electrons. The van der Waals surface area contributed by atoms with Crippen LogP contribution in [0.15, 0.2) is 46.9 Å². The number of likely N-dealkylation sites (tertiary alicyclic amines) is 1. The standard InChI is InChI=1S/C23H27BrN4O4/c1-3-27-11-5-7-17(27)14-25-21(29)23(31)19-12-15(24)9-10-20(19)26-22(30)28(23)16-6-4-8-18(13-16)32-2/h4,6,8-10,12-13,17,31H,3,5,7,11,14H2,1-2H3,(H,25,29)(H,26,30)/t17-,23-/m0/s1. The van der Waals surface area contributed by atoms with E-state index in [0.717, 1.165) is 30.8 Å². The Bertz CT molecular complexity index is 1030. The maximum Gasteiger partial charge on any atom is 0.329 e. The van der Waals surface area contributed by atoms with E-state index < -0.39 is 17.7 Å². The van der Waals surface area contributed by atoms with Gasteiger partial charge in [-0.3, -0.25) is 14.6 Å². The Balaban J connectivity index is 1.74. The van der Waals surface area contributed by atoms with Gasteiger partial charge in [0.15, 0.2) is 0 Å². The molecule has 2 aliphatic heterocycles. The van der Waals surface area contributed by atoms with Crippen molar-refractivity contribution in [2.24, 2.45) is 0 Å². The number of benzene rings is 2. The van der Waals surface area contributed by atoms with E-state index >= 15 is 0 Å². The molecule has 1 fully saturated rings. The van der Waals surface area contributed by atoms with E-state index in [4.69, 9.17) is 4.74 Å². The van der Waals surface area contributed by atoms with Crippen molar-refractivity contribution in [1.82, 2.24) is 10.2 Å².